The predicted molar refractivity (Wildman–Crippen MR) is 81.3 cm³/mol. The van der Waals surface area contributed by atoms with Crippen molar-refractivity contribution >= 4 is 0 Å². The third kappa shape index (κ3) is 7.56. The van der Waals surface area contributed by atoms with Gasteiger partial charge in [0, 0.05) is 6.61 Å². The van der Waals surface area contributed by atoms with Crippen LogP contribution < -0.4 is 0 Å². The standard InChI is InChI=1S/C16H32O5/c1-14(2,7-9-17)18-10-8-15(3,4)19-11-13-12-20-16(5,6)21-13/h13,17H,7-12H2,1-6H3. The minimum absolute atomic E-state index is 0.00831. The molecule has 1 rings (SSSR count). The van der Waals surface area contributed by atoms with Gasteiger partial charge in [0.15, 0.2) is 5.79 Å². The van der Waals surface area contributed by atoms with Crippen LogP contribution >= 0.6 is 0 Å². The second-order valence-electron chi connectivity index (χ2n) is 7.35. The van der Waals surface area contributed by atoms with Crippen LogP contribution in [0.25, 0.3) is 0 Å². The van der Waals surface area contributed by atoms with E-state index in [4.69, 9.17) is 24.1 Å². The maximum absolute atomic E-state index is 8.98. The van der Waals surface area contributed by atoms with Crippen molar-refractivity contribution in [2.45, 2.75) is 77.5 Å². The van der Waals surface area contributed by atoms with Crippen LogP contribution in [0.5, 0.6) is 0 Å². The van der Waals surface area contributed by atoms with Crippen molar-refractivity contribution < 1.29 is 24.1 Å². The summed E-state index contributed by atoms with van der Waals surface area (Å²) in [6.07, 6.45) is 1.42. The van der Waals surface area contributed by atoms with E-state index < -0.39 is 5.79 Å². The van der Waals surface area contributed by atoms with Crippen molar-refractivity contribution in [3.63, 3.8) is 0 Å². The summed E-state index contributed by atoms with van der Waals surface area (Å²) in [6.45, 7) is 13.7. The first-order chi connectivity index (χ1) is 9.55. The van der Waals surface area contributed by atoms with Crippen LogP contribution in [0.4, 0.5) is 0 Å². The summed E-state index contributed by atoms with van der Waals surface area (Å²) in [4.78, 5) is 0. The zero-order valence-electron chi connectivity index (χ0n) is 14.4. The van der Waals surface area contributed by atoms with Gasteiger partial charge in [0.05, 0.1) is 31.0 Å². The summed E-state index contributed by atoms with van der Waals surface area (Å²) >= 11 is 0. The number of hydrogen-bond donors (Lipinski definition) is 1. The molecule has 1 aliphatic rings. The summed E-state index contributed by atoms with van der Waals surface area (Å²) in [5, 5.41) is 8.98. The van der Waals surface area contributed by atoms with Gasteiger partial charge in [-0.2, -0.15) is 0 Å². The molecule has 1 N–H and O–H groups in total. The van der Waals surface area contributed by atoms with Crippen molar-refractivity contribution in [3.05, 3.63) is 0 Å². The first-order valence-electron chi connectivity index (χ1n) is 7.76. The predicted octanol–water partition coefficient (Wildman–Crippen LogP) is 2.50. The van der Waals surface area contributed by atoms with Gasteiger partial charge >= 0.3 is 0 Å². The molecule has 1 aliphatic heterocycles. The molecule has 0 aromatic rings. The zero-order valence-corrected chi connectivity index (χ0v) is 14.4. The van der Waals surface area contributed by atoms with Gasteiger partial charge in [-0.25, -0.2) is 0 Å². The lowest BCUT2D eigenvalue weighted by Gasteiger charge is -2.30. The maximum atomic E-state index is 8.98. The van der Waals surface area contributed by atoms with Gasteiger partial charge < -0.3 is 24.1 Å². The van der Waals surface area contributed by atoms with Crippen LogP contribution in [0.15, 0.2) is 0 Å². The van der Waals surface area contributed by atoms with Gasteiger partial charge in [-0.3, -0.25) is 0 Å². The second-order valence-corrected chi connectivity index (χ2v) is 7.35. The van der Waals surface area contributed by atoms with Crippen LogP contribution in [-0.4, -0.2) is 54.6 Å². The molecule has 0 saturated carbocycles. The van der Waals surface area contributed by atoms with E-state index in [-0.39, 0.29) is 23.9 Å². The molecule has 0 spiro atoms. The second kappa shape index (κ2) is 7.38. The number of aliphatic hydroxyl groups excluding tert-OH is 1. The lowest BCUT2D eigenvalue weighted by molar-refractivity contribution is -0.155. The van der Waals surface area contributed by atoms with Gasteiger partial charge in [0.2, 0.25) is 0 Å². The van der Waals surface area contributed by atoms with E-state index in [1.807, 2.05) is 27.7 Å². The highest BCUT2D eigenvalue weighted by atomic mass is 16.7. The Kier molecular flexibility index (Phi) is 6.62. The molecule has 1 fully saturated rings. The molecule has 0 amide bonds. The van der Waals surface area contributed by atoms with Crippen molar-refractivity contribution in [2.24, 2.45) is 0 Å². The Labute approximate surface area is 128 Å². The quantitative estimate of drug-likeness (QED) is 0.709. The Balaban J connectivity index is 2.24. The fourth-order valence-electron chi connectivity index (χ4n) is 2.15. The third-order valence-corrected chi connectivity index (χ3v) is 3.64. The van der Waals surface area contributed by atoms with Crippen LogP contribution in [0, 0.1) is 0 Å². The highest BCUT2D eigenvalue weighted by Gasteiger charge is 2.34. The number of hydrogen-bond acceptors (Lipinski definition) is 5. The van der Waals surface area contributed by atoms with Crippen LogP contribution in [0.3, 0.4) is 0 Å². The normalized spacial score (nSPS) is 22.7. The van der Waals surface area contributed by atoms with E-state index in [2.05, 4.69) is 13.8 Å². The molecule has 21 heavy (non-hydrogen) atoms. The molecule has 1 atom stereocenters. The molecular formula is C16H32O5. The molecule has 5 heteroatoms. The first-order valence-corrected chi connectivity index (χ1v) is 7.76. The fourth-order valence-corrected chi connectivity index (χ4v) is 2.15. The Morgan fingerprint density at radius 1 is 1.10 bits per heavy atom. The molecule has 0 aromatic carbocycles. The summed E-state index contributed by atoms with van der Waals surface area (Å²) in [7, 11) is 0. The Morgan fingerprint density at radius 3 is 2.24 bits per heavy atom. The van der Waals surface area contributed by atoms with Crippen LogP contribution in [-0.2, 0) is 18.9 Å². The molecule has 0 aromatic heterocycles. The van der Waals surface area contributed by atoms with Crippen molar-refractivity contribution in [1.82, 2.24) is 0 Å². The number of ether oxygens (including phenoxy) is 4. The molecule has 1 saturated heterocycles. The molecule has 1 unspecified atom stereocenters. The topological polar surface area (TPSA) is 57.2 Å². The molecule has 0 radical (unpaired) electrons. The summed E-state index contributed by atoms with van der Waals surface area (Å²) in [5.74, 6) is -0.504. The average molecular weight is 304 g/mol. The Hall–Kier alpha value is -0.200. The van der Waals surface area contributed by atoms with Gasteiger partial charge in [-0.15, -0.1) is 0 Å². The molecule has 0 bridgehead atoms. The zero-order chi connectivity index (χ0) is 16.1. The van der Waals surface area contributed by atoms with E-state index in [0.29, 0.717) is 26.2 Å². The van der Waals surface area contributed by atoms with Crippen molar-refractivity contribution in [2.75, 3.05) is 26.4 Å². The largest absolute Gasteiger partial charge is 0.396 e. The smallest absolute Gasteiger partial charge is 0.163 e. The molecule has 126 valence electrons. The number of aliphatic hydroxyl groups is 1. The maximum Gasteiger partial charge on any atom is 0.163 e. The van der Waals surface area contributed by atoms with Crippen molar-refractivity contribution in [3.8, 4) is 0 Å². The molecule has 5 nitrogen and oxygen atoms in total. The van der Waals surface area contributed by atoms with Gasteiger partial charge in [0.1, 0.15) is 6.10 Å². The first kappa shape index (κ1) is 18.8. The van der Waals surface area contributed by atoms with Gasteiger partial charge in [-0.05, 0) is 54.4 Å². The average Bonchev–Trinajstić information content (AvgIpc) is 2.66. The van der Waals surface area contributed by atoms with Crippen LogP contribution in [0.2, 0.25) is 0 Å². The highest BCUT2D eigenvalue weighted by Crippen LogP contribution is 2.25. The monoisotopic (exact) mass is 304 g/mol. The van der Waals surface area contributed by atoms with Gasteiger partial charge in [-0.1, -0.05) is 0 Å². The van der Waals surface area contributed by atoms with E-state index in [1.54, 1.807) is 0 Å². The van der Waals surface area contributed by atoms with E-state index in [9.17, 15) is 0 Å². The SMILES string of the molecule is CC(C)(CCO)OCCC(C)(C)OCC1COC(C)(C)O1. The Morgan fingerprint density at radius 2 is 1.71 bits per heavy atom. The summed E-state index contributed by atoms with van der Waals surface area (Å²) in [6, 6.07) is 0. The Bertz CT molecular complexity index is 312. The lowest BCUT2D eigenvalue weighted by atomic mass is 10.0. The minimum atomic E-state index is -0.504. The third-order valence-electron chi connectivity index (χ3n) is 3.64. The van der Waals surface area contributed by atoms with E-state index >= 15 is 0 Å². The summed E-state index contributed by atoms with van der Waals surface area (Å²) < 4.78 is 23.0. The molecule has 1 heterocycles. The lowest BCUT2D eigenvalue weighted by Crippen LogP contribution is -2.34. The summed E-state index contributed by atoms with van der Waals surface area (Å²) in [5.41, 5.74) is -0.567. The minimum Gasteiger partial charge on any atom is -0.396 e. The van der Waals surface area contributed by atoms with E-state index in [0.717, 1.165) is 6.42 Å². The fraction of sp³-hybridized carbons (Fsp3) is 1.00. The molecule has 0 aliphatic carbocycles. The molecular weight excluding hydrogens is 272 g/mol. The highest BCUT2D eigenvalue weighted by molar-refractivity contribution is 4.75. The van der Waals surface area contributed by atoms with Gasteiger partial charge in [0.25, 0.3) is 0 Å². The van der Waals surface area contributed by atoms with Crippen LogP contribution in [0.1, 0.15) is 54.4 Å². The van der Waals surface area contributed by atoms with Crippen molar-refractivity contribution in [1.29, 1.82) is 0 Å². The number of rotatable bonds is 9. The van der Waals surface area contributed by atoms with E-state index in [1.165, 1.54) is 0 Å².